The Morgan fingerprint density at radius 3 is 2.91 bits per heavy atom. The fraction of sp³-hybridized carbons (Fsp3) is 0.143. The van der Waals surface area contributed by atoms with Crippen molar-refractivity contribution in [3.63, 3.8) is 0 Å². The minimum atomic E-state index is 0.669. The second-order valence-corrected chi connectivity index (χ2v) is 2.43. The number of fused-ring (bicyclic) bond motifs is 1. The van der Waals surface area contributed by atoms with Crippen LogP contribution in [-0.4, -0.2) is 14.8 Å². The van der Waals surface area contributed by atoms with E-state index in [1.165, 1.54) is 0 Å². The Kier molecular flexibility index (Phi) is 1.09. The van der Waals surface area contributed by atoms with Crippen LogP contribution in [0.1, 0.15) is 0 Å². The second kappa shape index (κ2) is 1.95. The lowest BCUT2D eigenvalue weighted by atomic mass is 10.3. The third-order valence-electron chi connectivity index (χ3n) is 1.67. The summed E-state index contributed by atoms with van der Waals surface area (Å²) in [5.41, 5.74) is 7.29. The number of aryl methyl sites for hydroxylation is 1. The Morgan fingerprint density at radius 2 is 2.18 bits per heavy atom. The molecule has 0 amide bonds. The van der Waals surface area contributed by atoms with Crippen molar-refractivity contribution in [1.29, 1.82) is 0 Å². The molecule has 0 unspecified atom stereocenters. The van der Waals surface area contributed by atoms with Crippen molar-refractivity contribution in [3.8, 4) is 0 Å². The summed E-state index contributed by atoms with van der Waals surface area (Å²) in [7, 11) is 1.86. The first-order valence-corrected chi connectivity index (χ1v) is 3.30. The second-order valence-electron chi connectivity index (χ2n) is 2.43. The molecule has 0 aliphatic rings. The normalized spacial score (nSPS) is 10.6. The number of hydrogen-bond donors (Lipinski definition) is 1. The highest BCUT2D eigenvalue weighted by molar-refractivity contribution is 5.88. The summed E-state index contributed by atoms with van der Waals surface area (Å²) < 4.78 is 1.74. The van der Waals surface area contributed by atoms with E-state index in [4.69, 9.17) is 5.73 Å². The van der Waals surface area contributed by atoms with Gasteiger partial charge in [0.25, 0.3) is 0 Å². The Balaban J connectivity index is 2.96. The Labute approximate surface area is 63.6 Å². The van der Waals surface area contributed by atoms with Crippen LogP contribution in [0, 0.1) is 0 Å². The molecular weight excluding hydrogens is 140 g/mol. The average Bonchev–Trinajstić information content (AvgIpc) is 2.34. The zero-order chi connectivity index (χ0) is 7.84. The number of rotatable bonds is 0. The SMILES string of the molecule is Cn1ncc2cncc(N)c21. The minimum Gasteiger partial charge on any atom is -0.396 e. The molecule has 0 aliphatic carbocycles. The molecule has 4 nitrogen and oxygen atoms in total. The maximum atomic E-state index is 5.68. The van der Waals surface area contributed by atoms with Gasteiger partial charge in [0.2, 0.25) is 0 Å². The van der Waals surface area contributed by atoms with Gasteiger partial charge in [-0.05, 0) is 0 Å². The minimum absolute atomic E-state index is 0.669. The number of nitrogens with two attached hydrogens (primary N) is 1. The number of aromatic nitrogens is 3. The van der Waals surface area contributed by atoms with Crippen LogP contribution in [0.15, 0.2) is 18.6 Å². The molecule has 0 spiro atoms. The van der Waals surface area contributed by atoms with Gasteiger partial charge in [0.05, 0.1) is 23.6 Å². The fourth-order valence-corrected chi connectivity index (χ4v) is 1.16. The summed E-state index contributed by atoms with van der Waals surface area (Å²) in [5.74, 6) is 0. The molecule has 2 heterocycles. The van der Waals surface area contributed by atoms with Gasteiger partial charge in [0.15, 0.2) is 0 Å². The molecule has 56 valence electrons. The maximum Gasteiger partial charge on any atom is 0.0939 e. The molecule has 0 bridgehead atoms. The number of hydrogen-bond acceptors (Lipinski definition) is 3. The van der Waals surface area contributed by atoms with Gasteiger partial charge in [-0.2, -0.15) is 5.10 Å². The van der Waals surface area contributed by atoms with Crippen molar-refractivity contribution in [2.24, 2.45) is 7.05 Å². The van der Waals surface area contributed by atoms with Crippen LogP contribution in [0.25, 0.3) is 10.9 Å². The topological polar surface area (TPSA) is 56.7 Å². The van der Waals surface area contributed by atoms with E-state index < -0.39 is 0 Å². The van der Waals surface area contributed by atoms with Crippen LogP contribution >= 0.6 is 0 Å². The number of anilines is 1. The molecule has 11 heavy (non-hydrogen) atoms. The van der Waals surface area contributed by atoms with Crippen molar-refractivity contribution in [2.45, 2.75) is 0 Å². The predicted molar refractivity (Wildman–Crippen MR) is 42.9 cm³/mol. The third-order valence-corrected chi connectivity index (χ3v) is 1.67. The first kappa shape index (κ1) is 6.15. The van der Waals surface area contributed by atoms with Crippen LogP contribution in [-0.2, 0) is 7.05 Å². The Hall–Kier alpha value is -1.58. The summed E-state index contributed by atoms with van der Waals surface area (Å²) in [6.07, 6.45) is 5.13. The number of nitrogens with zero attached hydrogens (tertiary/aromatic N) is 3. The zero-order valence-corrected chi connectivity index (χ0v) is 6.15. The zero-order valence-electron chi connectivity index (χ0n) is 6.15. The lowest BCUT2D eigenvalue weighted by molar-refractivity contribution is 0.797. The van der Waals surface area contributed by atoms with Crippen LogP contribution in [0.3, 0.4) is 0 Å². The molecule has 0 aliphatic heterocycles. The van der Waals surface area contributed by atoms with Gasteiger partial charge in [-0.15, -0.1) is 0 Å². The van der Waals surface area contributed by atoms with Crippen LogP contribution < -0.4 is 5.73 Å². The smallest absolute Gasteiger partial charge is 0.0939 e. The Morgan fingerprint density at radius 1 is 1.36 bits per heavy atom. The molecule has 0 aromatic carbocycles. The van der Waals surface area contributed by atoms with E-state index in [0.717, 1.165) is 10.9 Å². The lowest BCUT2D eigenvalue weighted by Gasteiger charge is -1.96. The summed E-state index contributed by atoms with van der Waals surface area (Å²) in [4.78, 5) is 3.95. The van der Waals surface area contributed by atoms with E-state index in [1.807, 2.05) is 7.05 Å². The molecular formula is C7H8N4. The van der Waals surface area contributed by atoms with Gasteiger partial charge in [-0.1, -0.05) is 0 Å². The summed E-state index contributed by atoms with van der Waals surface area (Å²) >= 11 is 0. The van der Waals surface area contributed by atoms with E-state index >= 15 is 0 Å². The van der Waals surface area contributed by atoms with Crippen molar-refractivity contribution in [3.05, 3.63) is 18.6 Å². The van der Waals surface area contributed by atoms with Gasteiger partial charge in [-0.25, -0.2) is 0 Å². The standard InChI is InChI=1S/C7H8N4/c1-11-7-5(3-10-11)2-9-4-6(7)8/h2-4H,8H2,1H3. The fourth-order valence-electron chi connectivity index (χ4n) is 1.16. The van der Waals surface area contributed by atoms with E-state index in [0.29, 0.717) is 5.69 Å². The molecule has 0 atom stereocenters. The molecule has 2 N–H and O–H groups in total. The van der Waals surface area contributed by atoms with Gasteiger partial charge >= 0.3 is 0 Å². The van der Waals surface area contributed by atoms with Crippen molar-refractivity contribution < 1.29 is 0 Å². The quantitative estimate of drug-likeness (QED) is 0.593. The Bertz CT molecular complexity index is 390. The maximum absolute atomic E-state index is 5.68. The first-order chi connectivity index (χ1) is 5.29. The number of nitrogen functional groups attached to an aromatic ring is 1. The van der Waals surface area contributed by atoms with Gasteiger partial charge < -0.3 is 5.73 Å². The van der Waals surface area contributed by atoms with Crippen LogP contribution in [0.2, 0.25) is 0 Å². The van der Waals surface area contributed by atoms with Crippen molar-refractivity contribution in [1.82, 2.24) is 14.8 Å². The predicted octanol–water partition coefficient (Wildman–Crippen LogP) is 0.550. The van der Waals surface area contributed by atoms with E-state index in [-0.39, 0.29) is 0 Å². The molecule has 2 rings (SSSR count). The number of pyridine rings is 1. The molecule has 0 fully saturated rings. The van der Waals surface area contributed by atoms with Crippen LogP contribution in [0.5, 0.6) is 0 Å². The molecule has 0 saturated heterocycles. The average molecular weight is 148 g/mol. The van der Waals surface area contributed by atoms with Gasteiger partial charge in [-0.3, -0.25) is 9.67 Å². The largest absolute Gasteiger partial charge is 0.396 e. The van der Waals surface area contributed by atoms with Crippen LogP contribution in [0.4, 0.5) is 5.69 Å². The molecule has 0 saturated carbocycles. The summed E-state index contributed by atoms with van der Waals surface area (Å²) in [6, 6.07) is 0. The lowest BCUT2D eigenvalue weighted by Crippen LogP contribution is -1.94. The first-order valence-electron chi connectivity index (χ1n) is 3.30. The monoisotopic (exact) mass is 148 g/mol. The summed E-state index contributed by atoms with van der Waals surface area (Å²) in [5, 5.41) is 5.03. The van der Waals surface area contributed by atoms with Crippen molar-refractivity contribution >= 4 is 16.6 Å². The summed E-state index contributed by atoms with van der Waals surface area (Å²) in [6.45, 7) is 0. The van der Waals surface area contributed by atoms with Crippen molar-refractivity contribution in [2.75, 3.05) is 5.73 Å². The van der Waals surface area contributed by atoms with E-state index in [2.05, 4.69) is 10.1 Å². The third kappa shape index (κ3) is 0.756. The highest BCUT2D eigenvalue weighted by Crippen LogP contribution is 2.16. The van der Waals surface area contributed by atoms with E-state index in [9.17, 15) is 0 Å². The highest BCUT2D eigenvalue weighted by Gasteiger charge is 2.01. The van der Waals surface area contributed by atoms with Gasteiger partial charge in [0, 0.05) is 18.6 Å². The molecule has 2 aromatic rings. The van der Waals surface area contributed by atoms with Gasteiger partial charge in [0.1, 0.15) is 0 Å². The molecule has 4 heteroatoms. The molecule has 2 aromatic heterocycles. The molecule has 0 radical (unpaired) electrons. The highest BCUT2D eigenvalue weighted by atomic mass is 15.3. The van der Waals surface area contributed by atoms with E-state index in [1.54, 1.807) is 23.3 Å².